The molecule has 0 spiro atoms. The number of piperazine rings is 1. The number of nitrogens with one attached hydrogen (secondary N) is 2. The number of H-pyrrole nitrogens is 2. The number of rotatable bonds is 4. The van der Waals surface area contributed by atoms with Crippen LogP contribution in [0.3, 0.4) is 0 Å². The standard InChI is InChI=1S/C26H25N7O/c27-23-18-9-8-17(16-32-11-13-33(14-12-32)22-7-3-4-10-28-22)15-21(18)30-24(23)25-26(34)31-20-6-2-1-5-19(20)29-25/h1-10,15,30H,11-14,16,27H2,(H,31,34). The number of aromatic amines is 2. The maximum Gasteiger partial charge on any atom is 0.276 e. The summed E-state index contributed by atoms with van der Waals surface area (Å²) in [5, 5.41) is 0.896. The zero-order valence-corrected chi connectivity index (χ0v) is 18.7. The van der Waals surface area contributed by atoms with Gasteiger partial charge >= 0.3 is 0 Å². The molecule has 5 aromatic rings. The summed E-state index contributed by atoms with van der Waals surface area (Å²) < 4.78 is 0. The van der Waals surface area contributed by atoms with E-state index < -0.39 is 0 Å². The van der Waals surface area contributed by atoms with Gasteiger partial charge in [0.25, 0.3) is 5.56 Å². The Hall–Kier alpha value is -4.17. The van der Waals surface area contributed by atoms with Crippen molar-refractivity contribution < 1.29 is 0 Å². The van der Waals surface area contributed by atoms with Gasteiger partial charge in [0.15, 0.2) is 5.69 Å². The van der Waals surface area contributed by atoms with E-state index in [1.165, 1.54) is 5.56 Å². The molecular formula is C26H25N7O. The first-order valence-corrected chi connectivity index (χ1v) is 11.4. The fourth-order valence-corrected chi connectivity index (χ4v) is 4.68. The molecule has 1 fully saturated rings. The minimum atomic E-state index is -0.261. The van der Waals surface area contributed by atoms with Gasteiger partial charge in [0.1, 0.15) is 5.82 Å². The molecule has 0 radical (unpaired) electrons. The molecule has 2 aromatic carbocycles. The minimum Gasteiger partial charge on any atom is -0.396 e. The number of aromatic nitrogens is 4. The van der Waals surface area contributed by atoms with E-state index >= 15 is 0 Å². The predicted octanol–water partition coefficient (Wildman–Crippen LogP) is 3.37. The van der Waals surface area contributed by atoms with Crippen molar-refractivity contribution in [1.82, 2.24) is 24.8 Å². The van der Waals surface area contributed by atoms with Crippen LogP contribution in [0.25, 0.3) is 33.3 Å². The van der Waals surface area contributed by atoms with Crippen LogP contribution in [-0.2, 0) is 6.54 Å². The highest BCUT2D eigenvalue weighted by Crippen LogP contribution is 2.31. The van der Waals surface area contributed by atoms with Gasteiger partial charge in [0.2, 0.25) is 0 Å². The normalized spacial score (nSPS) is 14.8. The molecule has 8 nitrogen and oxygen atoms in total. The molecule has 0 saturated carbocycles. The lowest BCUT2D eigenvalue weighted by Gasteiger charge is -2.35. The Morgan fingerprint density at radius 1 is 0.912 bits per heavy atom. The van der Waals surface area contributed by atoms with Gasteiger partial charge in [-0.3, -0.25) is 9.69 Å². The molecule has 0 aliphatic carbocycles. The lowest BCUT2D eigenvalue weighted by molar-refractivity contribution is 0.249. The van der Waals surface area contributed by atoms with E-state index in [9.17, 15) is 4.79 Å². The number of para-hydroxylation sites is 2. The van der Waals surface area contributed by atoms with E-state index in [2.05, 4.69) is 47.9 Å². The van der Waals surface area contributed by atoms with Crippen molar-refractivity contribution in [3.8, 4) is 11.4 Å². The lowest BCUT2D eigenvalue weighted by atomic mass is 10.1. The Labute approximate surface area is 196 Å². The first-order chi connectivity index (χ1) is 16.7. The van der Waals surface area contributed by atoms with Crippen molar-refractivity contribution in [3.63, 3.8) is 0 Å². The predicted molar refractivity (Wildman–Crippen MR) is 136 cm³/mol. The van der Waals surface area contributed by atoms with Crippen LogP contribution in [0, 0.1) is 0 Å². The fourth-order valence-electron chi connectivity index (χ4n) is 4.68. The maximum atomic E-state index is 12.7. The highest BCUT2D eigenvalue weighted by molar-refractivity contribution is 6.00. The molecule has 1 saturated heterocycles. The number of nitrogens with zero attached hydrogens (tertiary/aromatic N) is 4. The monoisotopic (exact) mass is 451 g/mol. The van der Waals surface area contributed by atoms with Crippen LogP contribution >= 0.6 is 0 Å². The topological polar surface area (TPSA) is 107 Å². The SMILES string of the molecule is Nc1c(-c2nc3ccccc3[nH]c2=O)[nH]c2cc(CN3CCN(c4ccccn4)CC3)ccc12. The molecule has 4 N–H and O–H groups in total. The largest absolute Gasteiger partial charge is 0.396 e. The van der Waals surface area contributed by atoms with Crippen molar-refractivity contribution in [2.45, 2.75) is 6.54 Å². The van der Waals surface area contributed by atoms with Crippen molar-refractivity contribution in [2.75, 3.05) is 36.8 Å². The van der Waals surface area contributed by atoms with Crippen molar-refractivity contribution in [3.05, 3.63) is 82.8 Å². The lowest BCUT2D eigenvalue weighted by Crippen LogP contribution is -2.46. The van der Waals surface area contributed by atoms with Crippen molar-refractivity contribution in [2.24, 2.45) is 0 Å². The zero-order valence-electron chi connectivity index (χ0n) is 18.7. The highest BCUT2D eigenvalue weighted by Gasteiger charge is 2.19. The number of benzene rings is 2. The van der Waals surface area contributed by atoms with Crippen molar-refractivity contribution in [1.29, 1.82) is 0 Å². The van der Waals surface area contributed by atoms with E-state index in [0.717, 1.165) is 55.0 Å². The summed E-state index contributed by atoms with van der Waals surface area (Å²) in [5.74, 6) is 1.04. The first kappa shape index (κ1) is 20.4. The second-order valence-electron chi connectivity index (χ2n) is 8.68. The quantitative estimate of drug-likeness (QED) is 0.387. The first-order valence-electron chi connectivity index (χ1n) is 11.4. The second kappa shape index (κ2) is 8.31. The molecule has 8 heteroatoms. The van der Waals surface area contributed by atoms with Gasteiger partial charge in [-0.1, -0.05) is 30.3 Å². The molecular weight excluding hydrogens is 426 g/mol. The molecule has 6 rings (SSSR count). The summed E-state index contributed by atoms with van der Waals surface area (Å²) in [5.41, 5.74) is 11.1. The molecule has 1 aliphatic heterocycles. The van der Waals surface area contributed by atoms with Gasteiger partial charge in [-0.2, -0.15) is 0 Å². The number of nitrogen functional groups attached to an aromatic ring is 1. The highest BCUT2D eigenvalue weighted by atomic mass is 16.1. The van der Waals surface area contributed by atoms with Crippen LogP contribution in [0.15, 0.2) is 71.7 Å². The molecule has 0 amide bonds. The third-order valence-corrected chi connectivity index (χ3v) is 6.49. The number of pyridine rings is 1. The Bertz CT molecular complexity index is 1530. The number of anilines is 2. The van der Waals surface area contributed by atoms with Crippen molar-refractivity contribution >= 4 is 33.4 Å². The summed E-state index contributed by atoms with van der Waals surface area (Å²) in [7, 11) is 0. The Morgan fingerprint density at radius 3 is 2.56 bits per heavy atom. The summed E-state index contributed by atoms with van der Waals surface area (Å²) in [6.07, 6.45) is 1.84. The Morgan fingerprint density at radius 2 is 1.74 bits per heavy atom. The van der Waals surface area contributed by atoms with Crippen LogP contribution in [0.1, 0.15) is 5.56 Å². The fraction of sp³-hybridized carbons (Fsp3) is 0.192. The van der Waals surface area contributed by atoms with E-state index in [0.29, 0.717) is 22.6 Å². The third kappa shape index (κ3) is 3.68. The maximum absolute atomic E-state index is 12.7. The van der Waals surface area contributed by atoms with Gasteiger partial charge in [-0.25, -0.2) is 9.97 Å². The van der Waals surface area contributed by atoms with Gasteiger partial charge in [-0.05, 0) is 35.9 Å². The Balaban J connectivity index is 1.24. The number of hydrogen-bond acceptors (Lipinski definition) is 6. The number of nitrogens with two attached hydrogens (primary N) is 1. The van der Waals surface area contributed by atoms with Gasteiger partial charge < -0.3 is 20.6 Å². The van der Waals surface area contributed by atoms with Crippen LogP contribution < -0.4 is 16.2 Å². The summed E-state index contributed by atoms with van der Waals surface area (Å²) in [4.78, 5) is 32.8. The van der Waals surface area contributed by atoms with Gasteiger partial charge in [-0.15, -0.1) is 0 Å². The number of fused-ring (bicyclic) bond motifs is 2. The van der Waals surface area contributed by atoms with E-state index in [-0.39, 0.29) is 5.56 Å². The summed E-state index contributed by atoms with van der Waals surface area (Å²) >= 11 is 0. The molecule has 0 atom stereocenters. The molecule has 3 aromatic heterocycles. The summed E-state index contributed by atoms with van der Waals surface area (Å²) in [6.45, 7) is 4.71. The molecule has 34 heavy (non-hydrogen) atoms. The number of hydrogen-bond donors (Lipinski definition) is 3. The Kier molecular flexibility index (Phi) is 5.00. The third-order valence-electron chi connectivity index (χ3n) is 6.49. The van der Waals surface area contributed by atoms with Gasteiger partial charge in [0, 0.05) is 49.8 Å². The summed E-state index contributed by atoms with van der Waals surface area (Å²) in [6, 6.07) is 19.8. The zero-order chi connectivity index (χ0) is 23.1. The molecule has 4 heterocycles. The average Bonchev–Trinajstić information content (AvgIpc) is 3.20. The molecule has 170 valence electrons. The molecule has 0 bridgehead atoms. The smallest absolute Gasteiger partial charge is 0.276 e. The van der Waals surface area contributed by atoms with Gasteiger partial charge in [0.05, 0.1) is 22.4 Å². The molecule has 1 aliphatic rings. The van der Waals surface area contributed by atoms with E-state index in [1.54, 1.807) is 0 Å². The van der Waals surface area contributed by atoms with Crippen LogP contribution in [0.2, 0.25) is 0 Å². The van der Waals surface area contributed by atoms with Crippen LogP contribution in [-0.4, -0.2) is 51.0 Å². The van der Waals surface area contributed by atoms with Crippen LogP contribution in [0.4, 0.5) is 11.5 Å². The average molecular weight is 452 g/mol. The minimum absolute atomic E-state index is 0.261. The second-order valence-corrected chi connectivity index (χ2v) is 8.68. The molecule has 0 unspecified atom stereocenters. The van der Waals surface area contributed by atoms with Crippen LogP contribution in [0.5, 0.6) is 0 Å². The van der Waals surface area contributed by atoms with E-state index in [4.69, 9.17) is 5.73 Å². The van der Waals surface area contributed by atoms with E-state index in [1.807, 2.05) is 48.7 Å².